The van der Waals surface area contributed by atoms with Gasteiger partial charge in [0, 0.05) is 0 Å². The van der Waals surface area contributed by atoms with Crippen LogP contribution in [0.3, 0.4) is 0 Å². The van der Waals surface area contributed by atoms with Gasteiger partial charge in [0.25, 0.3) is 0 Å². The first-order valence-electron chi connectivity index (χ1n) is 5.31. The average Bonchev–Trinajstić information content (AvgIpc) is 2.10. The molecule has 1 unspecified atom stereocenters. The molecule has 1 aliphatic rings. The van der Waals surface area contributed by atoms with Gasteiger partial charge in [-0.2, -0.15) is 0 Å². The van der Waals surface area contributed by atoms with E-state index in [-0.39, 0.29) is 6.10 Å². The van der Waals surface area contributed by atoms with Crippen molar-refractivity contribution in [3.8, 4) is 0 Å². The van der Waals surface area contributed by atoms with Gasteiger partial charge in [-0.1, -0.05) is 12.2 Å². The fourth-order valence-electron chi connectivity index (χ4n) is 1.53. The Hall–Kier alpha value is -0.990. The summed E-state index contributed by atoms with van der Waals surface area (Å²) >= 11 is 0. The van der Waals surface area contributed by atoms with Gasteiger partial charge in [-0.15, -0.1) is 0 Å². The molecule has 1 rings (SSSR count). The third-order valence-electron chi connectivity index (χ3n) is 2.24. The van der Waals surface area contributed by atoms with Crippen molar-refractivity contribution in [2.45, 2.75) is 45.1 Å². The molecule has 0 spiro atoms. The van der Waals surface area contributed by atoms with Gasteiger partial charge < -0.3 is 9.47 Å². The minimum atomic E-state index is -0.526. The first-order valence-corrected chi connectivity index (χ1v) is 5.31. The second-order valence-corrected chi connectivity index (χ2v) is 3.40. The summed E-state index contributed by atoms with van der Waals surface area (Å²) in [6.07, 6.45) is 8.88. The van der Waals surface area contributed by atoms with Crippen LogP contribution in [0.4, 0.5) is 4.79 Å². The third kappa shape index (κ3) is 4.30. The number of ether oxygens (including phenoxy) is 2. The summed E-state index contributed by atoms with van der Waals surface area (Å²) in [6, 6.07) is 0. The predicted molar refractivity (Wildman–Crippen MR) is 54.1 cm³/mol. The standard InChI is InChI=1S/C11H18O3/c1-2-13-11(12)14-10-8-6-4-3-5-7-9-10/h3-4,10H,2,5-9H2,1H3. The first-order chi connectivity index (χ1) is 6.83. The Morgan fingerprint density at radius 2 is 2.14 bits per heavy atom. The molecule has 0 aliphatic heterocycles. The molecule has 0 saturated carbocycles. The number of carbonyl (C=O) groups is 1. The molecule has 0 N–H and O–H groups in total. The van der Waals surface area contributed by atoms with Gasteiger partial charge in [0.05, 0.1) is 6.61 Å². The number of carbonyl (C=O) groups excluding carboxylic acids is 1. The van der Waals surface area contributed by atoms with E-state index in [1.165, 1.54) is 0 Å². The van der Waals surface area contributed by atoms with Crippen LogP contribution in [0.2, 0.25) is 0 Å². The van der Waals surface area contributed by atoms with Gasteiger partial charge in [0.2, 0.25) is 0 Å². The van der Waals surface area contributed by atoms with Gasteiger partial charge >= 0.3 is 6.16 Å². The van der Waals surface area contributed by atoms with Crippen LogP contribution < -0.4 is 0 Å². The molecule has 1 aliphatic carbocycles. The lowest BCUT2D eigenvalue weighted by Gasteiger charge is -2.17. The topological polar surface area (TPSA) is 35.5 Å². The first kappa shape index (κ1) is 11.1. The van der Waals surface area contributed by atoms with Gasteiger partial charge in [0.1, 0.15) is 6.10 Å². The molecule has 0 bridgehead atoms. The van der Waals surface area contributed by atoms with E-state index in [4.69, 9.17) is 9.47 Å². The summed E-state index contributed by atoms with van der Waals surface area (Å²) < 4.78 is 9.91. The average molecular weight is 198 g/mol. The highest BCUT2D eigenvalue weighted by Gasteiger charge is 2.14. The van der Waals surface area contributed by atoms with Crippen LogP contribution >= 0.6 is 0 Å². The molecule has 0 fully saturated rings. The number of allylic oxidation sites excluding steroid dienone is 2. The highest BCUT2D eigenvalue weighted by Crippen LogP contribution is 2.15. The van der Waals surface area contributed by atoms with E-state index >= 15 is 0 Å². The van der Waals surface area contributed by atoms with Crippen LogP contribution in [0, 0.1) is 0 Å². The lowest BCUT2D eigenvalue weighted by Crippen LogP contribution is -2.19. The van der Waals surface area contributed by atoms with E-state index in [9.17, 15) is 4.79 Å². The number of hydrogen-bond acceptors (Lipinski definition) is 3. The van der Waals surface area contributed by atoms with Gasteiger partial charge in [0.15, 0.2) is 0 Å². The normalized spacial score (nSPS) is 22.2. The quantitative estimate of drug-likeness (QED) is 0.505. The zero-order valence-electron chi connectivity index (χ0n) is 8.70. The molecule has 0 amide bonds. The summed E-state index contributed by atoms with van der Waals surface area (Å²) in [7, 11) is 0. The van der Waals surface area contributed by atoms with Gasteiger partial charge in [-0.3, -0.25) is 0 Å². The van der Waals surface area contributed by atoms with Crippen LogP contribution in [0.25, 0.3) is 0 Å². The Kier molecular flexibility index (Phi) is 5.12. The van der Waals surface area contributed by atoms with Crippen molar-refractivity contribution in [3.63, 3.8) is 0 Å². The zero-order valence-corrected chi connectivity index (χ0v) is 8.70. The van der Waals surface area contributed by atoms with Crippen LogP contribution in [-0.2, 0) is 9.47 Å². The number of rotatable bonds is 2. The van der Waals surface area contributed by atoms with Crippen molar-refractivity contribution in [1.82, 2.24) is 0 Å². The Labute approximate surface area is 85.1 Å². The van der Waals surface area contributed by atoms with Crippen molar-refractivity contribution >= 4 is 6.16 Å². The highest BCUT2D eigenvalue weighted by molar-refractivity contribution is 5.60. The molecule has 0 aromatic heterocycles. The van der Waals surface area contributed by atoms with Crippen LogP contribution in [-0.4, -0.2) is 18.9 Å². The Morgan fingerprint density at radius 3 is 2.93 bits per heavy atom. The van der Waals surface area contributed by atoms with Gasteiger partial charge in [-0.25, -0.2) is 4.79 Å². The maximum Gasteiger partial charge on any atom is 0.508 e. The molecular weight excluding hydrogens is 180 g/mol. The third-order valence-corrected chi connectivity index (χ3v) is 2.24. The van der Waals surface area contributed by atoms with E-state index in [0.717, 1.165) is 32.1 Å². The van der Waals surface area contributed by atoms with E-state index in [0.29, 0.717) is 6.61 Å². The van der Waals surface area contributed by atoms with Crippen molar-refractivity contribution in [2.24, 2.45) is 0 Å². The molecule has 0 aromatic rings. The maximum absolute atomic E-state index is 11.0. The lowest BCUT2D eigenvalue weighted by atomic mass is 10.0. The minimum absolute atomic E-state index is 0.0407. The molecule has 0 saturated heterocycles. The predicted octanol–water partition coefficient (Wildman–Crippen LogP) is 3.05. The fourth-order valence-corrected chi connectivity index (χ4v) is 1.53. The Balaban J connectivity index is 2.27. The zero-order chi connectivity index (χ0) is 10.2. The monoisotopic (exact) mass is 198 g/mol. The SMILES string of the molecule is CCOC(=O)OC1CCC=CCCC1. The second-order valence-electron chi connectivity index (χ2n) is 3.40. The van der Waals surface area contributed by atoms with Crippen LogP contribution in [0.5, 0.6) is 0 Å². The molecular formula is C11H18O3. The van der Waals surface area contributed by atoms with Crippen molar-refractivity contribution in [3.05, 3.63) is 12.2 Å². The summed E-state index contributed by atoms with van der Waals surface area (Å²) in [4.78, 5) is 11.0. The second kappa shape index (κ2) is 6.46. The fraction of sp³-hybridized carbons (Fsp3) is 0.727. The van der Waals surface area contributed by atoms with E-state index < -0.39 is 6.16 Å². The molecule has 14 heavy (non-hydrogen) atoms. The van der Waals surface area contributed by atoms with Crippen molar-refractivity contribution < 1.29 is 14.3 Å². The van der Waals surface area contributed by atoms with Crippen LogP contribution in [0.15, 0.2) is 12.2 Å². The molecule has 0 aromatic carbocycles. The Morgan fingerprint density at radius 1 is 1.36 bits per heavy atom. The molecule has 0 heterocycles. The highest BCUT2D eigenvalue weighted by atomic mass is 16.7. The molecule has 80 valence electrons. The molecule has 1 atom stereocenters. The summed E-state index contributed by atoms with van der Waals surface area (Å²) in [5.74, 6) is 0. The minimum Gasteiger partial charge on any atom is -0.435 e. The van der Waals surface area contributed by atoms with E-state index in [1.807, 2.05) is 0 Å². The van der Waals surface area contributed by atoms with Crippen LogP contribution in [0.1, 0.15) is 39.0 Å². The summed E-state index contributed by atoms with van der Waals surface area (Å²) in [5, 5.41) is 0. The molecule has 0 radical (unpaired) electrons. The van der Waals surface area contributed by atoms with Crippen molar-refractivity contribution in [1.29, 1.82) is 0 Å². The number of hydrogen-bond donors (Lipinski definition) is 0. The summed E-state index contributed by atoms with van der Waals surface area (Å²) in [5.41, 5.74) is 0. The smallest absolute Gasteiger partial charge is 0.435 e. The Bertz CT molecular complexity index is 199. The van der Waals surface area contributed by atoms with Gasteiger partial charge in [-0.05, 0) is 39.0 Å². The molecule has 3 heteroatoms. The maximum atomic E-state index is 11.0. The largest absolute Gasteiger partial charge is 0.508 e. The van der Waals surface area contributed by atoms with Crippen molar-refractivity contribution in [2.75, 3.05) is 6.61 Å². The summed E-state index contributed by atoms with van der Waals surface area (Å²) in [6.45, 7) is 2.16. The van der Waals surface area contributed by atoms with E-state index in [1.54, 1.807) is 6.92 Å². The van der Waals surface area contributed by atoms with E-state index in [2.05, 4.69) is 12.2 Å². The molecule has 3 nitrogen and oxygen atoms in total. The lowest BCUT2D eigenvalue weighted by molar-refractivity contribution is 0.0201.